The number of benzene rings is 2. The summed E-state index contributed by atoms with van der Waals surface area (Å²) in [6, 6.07) is 10.9. The van der Waals surface area contributed by atoms with Gasteiger partial charge in [0, 0.05) is 36.2 Å². The van der Waals surface area contributed by atoms with E-state index in [4.69, 9.17) is 0 Å². The number of rotatable bonds is 7. The average molecular weight is 367 g/mol. The van der Waals surface area contributed by atoms with Crippen molar-refractivity contribution in [2.24, 2.45) is 0 Å². The predicted molar refractivity (Wildman–Crippen MR) is 111 cm³/mol. The summed E-state index contributed by atoms with van der Waals surface area (Å²) in [5.74, 6) is -0.413. The Morgan fingerprint density at radius 3 is 2.74 bits per heavy atom. The highest BCUT2D eigenvalue weighted by atomic mass is 19.1. The number of hydrogen-bond donors (Lipinski definition) is 2. The molecule has 0 fully saturated rings. The molecule has 142 valence electrons. The van der Waals surface area contributed by atoms with Crippen LogP contribution in [0.4, 0.5) is 21.5 Å². The van der Waals surface area contributed by atoms with Gasteiger partial charge in [0.15, 0.2) is 0 Å². The van der Waals surface area contributed by atoms with Crippen molar-refractivity contribution in [1.82, 2.24) is 0 Å². The molecule has 0 spiro atoms. The van der Waals surface area contributed by atoms with Crippen LogP contribution in [0, 0.1) is 12.7 Å². The quantitative estimate of drug-likeness (QED) is 0.664. The fraction of sp³-hybridized carbons (Fsp3) is 0.318. The van der Waals surface area contributed by atoms with Gasteiger partial charge in [0.1, 0.15) is 5.82 Å². The minimum Gasteiger partial charge on any atom is -0.369 e. The molecule has 1 amide bonds. The maximum Gasteiger partial charge on any atom is 0.257 e. The van der Waals surface area contributed by atoms with Gasteiger partial charge in [0.25, 0.3) is 5.91 Å². The van der Waals surface area contributed by atoms with Gasteiger partial charge in [-0.25, -0.2) is 4.39 Å². The van der Waals surface area contributed by atoms with Gasteiger partial charge in [-0.3, -0.25) is 4.79 Å². The van der Waals surface area contributed by atoms with Gasteiger partial charge < -0.3 is 15.5 Å². The largest absolute Gasteiger partial charge is 0.369 e. The minimum atomic E-state index is -0.260. The number of nitrogens with zero attached hydrogens (tertiary/aromatic N) is 1. The van der Waals surface area contributed by atoms with E-state index in [1.807, 2.05) is 43.0 Å². The molecule has 0 radical (unpaired) electrons. The van der Waals surface area contributed by atoms with E-state index in [0.717, 1.165) is 42.7 Å². The van der Waals surface area contributed by atoms with Gasteiger partial charge in [-0.05, 0) is 50.1 Å². The molecule has 2 N–H and O–H groups in total. The summed E-state index contributed by atoms with van der Waals surface area (Å²) in [7, 11) is 0. The lowest BCUT2D eigenvalue weighted by Gasteiger charge is -2.23. The van der Waals surface area contributed by atoms with Gasteiger partial charge in [-0.15, -0.1) is 0 Å². The van der Waals surface area contributed by atoms with Crippen LogP contribution in [-0.4, -0.2) is 19.0 Å². The summed E-state index contributed by atoms with van der Waals surface area (Å²) in [5, 5.41) is 5.93. The third kappa shape index (κ3) is 3.97. The van der Waals surface area contributed by atoms with Crippen LogP contribution in [0.5, 0.6) is 0 Å². The number of anilines is 3. The summed E-state index contributed by atoms with van der Waals surface area (Å²) in [4.78, 5) is 14.3. The third-order valence-corrected chi connectivity index (χ3v) is 4.87. The van der Waals surface area contributed by atoms with Crippen molar-refractivity contribution in [2.45, 2.75) is 33.6 Å². The van der Waals surface area contributed by atoms with E-state index in [-0.39, 0.29) is 11.7 Å². The highest BCUT2D eigenvalue weighted by Crippen LogP contribution is 2.34. The first-order valence-corrected chi connectivity index (χ1v) is 9.47. The lowest BCUT2D eigenvalue weighted by atomic mass is 10.0. The SMILES string of the molecule is CCCCN(CC)c1ccc(NC=C2C(=O)Nc3cccc(C)c32)cc1F. The molecule has 0 aliphatic carbocycles. The molecule has 1 aliphatic rings. The number of carbonyl (C=O) groups is 1. The van der Waals surface area contributed by atoms with E-state index in [1.165, 1.54) is 6.07 Å². The van der Waals surface area contributed by atoms with Crippen LogP contribution in [0.3, 0.4) is 0 Å². The predicted octanol–water partition coefficient (Wildman–Crippen LogP) is 5.17. The Morgan fingerprint density at radius 1 is 1.22 bits per heavy atom. The van der Waals surface area contributed by atoms with E-state index < -0.39 is 0 Å². The number of unbranched alkanes of at least 4 members (excludes halogenated alkanes) is 1. The molecular formula is C22H26FN3O. The zero-order valence-corrected chi connectivity index (χ0v) is 16.1. The standard InChI is InChI=1S/C22H26FN3O/c1-4-6-12-26(5-2)20-11-10-16(13-18(20)23)24-14-17-21-15(3)8-7-9-19(21)25-22(17)27/h7-11,13-14,24H,4-6,12H2,1-3H3,(H,25,27). The molecule has 2 aromatic rings. The number of halogens is 1. The van der Waals surface area contributed by atoms with E-state index in [1.54, 1.807) is 12.3 Å². The number of nitrogens with one attached hydrogen (secondary N) is 2. The van der Waals surface area contributed by atoms with Gasteiger partial charge in [-0.1, -0.05) is 25.5 Å². The Labute approximate surface area is 160 Å². The molecule has 0 aromatic heterocycles. The molecule has 0 saturated heterocycles. The summed E-state index contributed by atoms with van der Waals surface area (Å²) in [5.41, 5.74) is 4.52. The molecule has 27 heavy (non-hydrogen) atoms. The Bertz CT molecular complexity index is 876. The Balaban J connectivity index is 1.81. The first kappa shape index (κ1) is 19.0. The number of carbonyl (C=O) groups excluding carboxylic acids is 1. The van der Waals surface area contributed by atoms with Crippen molar-refractivity contribution in [3.63, 3.8) is 0 Å². The van der Waals surface area contributed by atoms with Crippen LogP contribution in [0.2, 0.25) is 0 Å². The Kier molecular flexibility index (Phi) is 5.79. The summed E-state index contributed by atoms with van der Waals surface area (Å²) < 4.78 is 14.6. The second-order valence-electron chi connectivity index (χ2n) is 6.75. The minimum absolute atomic E-state index is 0.152. The zero-order valence-electron chi connectivity index (χ0n) is 16.1. The summed E-state index contributed by atoms with van der Waals surface area (Å²) in [6.07, 6.45) is 3.76. The maximum absolute atomic E-state index is 14.6. The van der Waals surface area contributed by atoms with Gasteiger partial charge in [0.2, 0.25) is 0 Å². The highest BCUT2D eigenvalue weighted by molar-refractivity contribution is 6.32. The normalized spacial score (nSPS) is 14.2. The first-order chi connectivity index (χ1) is 13.0. The first-order valence-electron chi connectivity index (χ1n) is 9.47. The van der Waals surface area contributed by atoms with Crippen molar-refractivity contribution >= 4 is 28.5 Å². The van der Waals surface area contributed by atoms with Crippen molar-refractivity contribution in [2.75, 3.05) is 28.6 Å². The molecule has 0 atom stereocenters. The molecule has 1 heterocycles. The van der Waals surface area contributed by atoms with E-state index in [0.29, 0.717) is 16.9 Å². The van der Waals surface area contributed by atoms with Crippen molar-refractivity contribution < 1.29 is 9.18 Å². The topological polar surface area (TPSA) is 44.4 Å². The van der Waals surface area contributed by atoms with Crippen LogP contribution >= 0.6 is 0 Å². The molecule has 5 heteroatoms. The molecule has 2 aromatic carbocycles. The van der Waals surface area contributed by atoms with E-state index >= 15 is 0 Å². The lowest BCUT2D eigenvalue weighted by molar-refractivity contribution is -0.110. The molecular weight excluding hydrogens is 341 g/mol. The van der Waals surface area contributed by atoms with E-state index in [9.17, 15) is 9.18 Å². The highest BCUT2D eigenvalue weighted by Gasteiger charge is 2.25. The number of aryl methyl sites for hydroxylation is 1. The fourth-order valence-electron chi connectivity index (χ4n) is 3.38. The van der Waals surface area contributed by atoms with E-state index in [2.05, 4.69) is 17.6 Å². The lowest BCUT2D eigenvalue weighted by Crippen LogP contribution is -2.24. The molecule has 1 aliphatic heterocycles. The molecule has 0 unspecified atom stereocenters. The van der Waals surface area contributed by atoms with Crippen molar-refractivity contribution in [3.8, 4) is 0 Å². The van der Waals surface area contributed by atoms with Crippen molar-refractivity contribution in [1.29, 1.82) is 0 Å². The summed E-state index contributed by atoms with van der Waals surface area (Å²) in [6.45, 7) is 7.74. The number of hydrogen-bond acceptors (Lipinski definition) is 3. The second-order valence-corrected chi connectivity index (χ2v) is 6.75. The third-order valence-electron chi connectivity index (χ3n) is 4.87. The van der Waals surface area contributed by atoms with Gasteiger partial charge in [-0.2, -0.15) is 0 Å². The molecule has 0 saturated carbocycles. The molecule has 4 nitrogen and oxygen atoms in total. The second kappa shape index (κ2) is 8.25. The Morgan fingerprint density at radius 2 is 2.04 bits per heavy atom. The average Bonchev–Trinajstić information content (AvgIpc) is 2.98. The van der Waals surface area contributed by atoms with Crippen molar-refractivity contribution in [3.05, 3.63) is 59.5 Å². The van der Waals surface area contributed by atoms with Crippen LogP contribution in [-0.2, 0) is 4.79 Å². The van der Waals surface area contributed by atoms with Gasteiger partial charge in [0.05, 0.1) is 11.3 Å². The zero-order chi connectivity index (χ0) is 19.4. The van der Waals surface area contributed by atoms with Crippen LogP contribution in [0.25, 0.3) is 5.57 Å². The van der Waals surface area contributed by atoms with Crippen LogP contribution < -0.4 is 15.5 Å². The summed E-state index contributed by atoms with van der Waals surface area (Å²) >= 11 is 0. The van der Waals surface area contributed by atoms with Crippen LogP contribution in [0.1, 0.15) is 37.8 Å². The fourth-order valence-corrected chi connectivity index (χ4v) is 3.38. The maximum atomic E-state index is 14.6. The smallest absolute Gasteiger partial charge is 0.257 e. The Hall–Kier alpha value is -2.82. The number of fused-ring (bicyclic) bond motifs is 1. The van der Waals surface area contributed by atoms with Gasteiger partial charge >= 0.3 is 0 Å². The molecule has 0 bridgehead atoms. The number of amides is 1. The molecule has 3 rings (SSSR count). The monoisotopic (exact) mass is 367 g/mol. The van der Waals surface area contributed by atoms with Crippen LogP contribution in [0.15, 0.2) is 42.6 Å².